The molecule has 2 aliphatic heterocycles. The zero-order valence-electron chi connectivity index (χ0n) is 11.5. The molecule has 20 heavy (non-hydrogen) atoms. The lowest BCUT2D eigenvalue weighted by Gasteiger charge is -2.21. The maximum absolute atomic E-state index is 4.56. The quantitative estimate of drug-likeness (QED) is 0.802. The zero-order valence-corrected chi connectivity index (χ0v) is 13.0. The van der Waals surface area contributed by atoms with Crippen LogP contribution in [0.1, 0.15) is 0 Å². The molecule has 0 saturated carbocycles. The smallest absolute Gasteiger partial charge is 0.139 e. The van der Waals surface area contributed by atoms with Crippen LogP contribution in [0.2, 0.25) is 0 Å². The second kappa shape index (κ2) is 4.67. The topological polar surface area (TPSA) is 32.3 Å². The molecule has 0 spiro atoms. The van der Waals surface area contributed by atoms with Crippen LogP contribution in [0.25, 0.3) is 10.9 Å². The van der Waals surface area contributed by atoms with E-state index in [1.165, 1.54) is 13.1 Å². The molecule has 0 aliphatic carbocycles. The van der Waals surface area contributed by atoms with Crippen molar-refractivity contribution in [2.24, 2.45) is 11.8 Å². The van der Waals surface area contributed by atoms with Gasteiger partial charge in [0.15, 0.2) is 0 Å². The molecule has 2 saturated heterocycles. The van der Waals surface area contributed by atoms with E-state index in [9.17, 15) is 0 Å². The summed E-state index contributed by atoms with van der Waals surface area (Å²) in [6, 6.07) is 6.22. The van der Waals surface area contributed by atoms with E-state index in [2.05, 4.69) is 54.9 Å². The first kappa shape index (κ1) is 12.5. The number of hydrogen-bond donors (Lipinski definition) is 0. The van der Waals surface area contributed by atoms with Gasteiger partial charge in [-0.05, 0) is 37.1 Å². The molecule has 2 aliphatic rings. The molecular formula is C15H17BrN4. The van der Waals surface area contributed by atoms with E-state index in [4.69, 9.17) is 0 Å². The molecule has 1 aromatic carbocycles. The Hall–Kier alpha value is -1.20. The molecule has 2 aromatic rings. The van der Waals surface area contributed by atoms with Crippen LogP contribution in [0.15, 0.2) is 29.0 Å². The third kappa shape index (κ3) is 2.00. The van der Waals surface area contributed by atoms with Crippen LogP contribution in [-0.4, -0.2) is 48.1 Å². The van der Waals surface area contributed by atoms with Gasteiger partial charge in [-0.15, -0.1) is 0 Å². The van der Waals surface area contributed by atoms with Crippen molar-refractivity contribution in [1.29, 1.82) is 0 Å². The number of likely N-dealkylation sites (tertiary alicyclic amines) is 1. The van der Waals surface area contributed by atoms with Gasteiger partial charge < -0.3 is 9.80 Å². The number of aromatic nitrogens is 2. The summed E-state index contributed by atoms with van der Waals surface area (Å²) in [4.78, 5) is 13.8. The van der Waals surface area contributed by atoms with Gasteiger partial charge in [-0.25, -0.2) is 9.97 Å². The fourth-order valence-electron chi connectivity index (χ4n) is 3.67. The molecule has 2 fully saturated rings. The van der Waals surface area contributed by atoms with E-state index in [1.54, 1.807) is 6.33 Å². The lowest BCUT2D eigenvalue weighted by molar-refractivity contribution is 0.387. The SMILES string of the molecule is CN1CC2CN(c3ncnc4ccc(Br)cc34)CC2C1. The van der Waals surface area contributed by atoms with Gasteiger partial charge in [0.1, 0.15) is 12.1 Å². The molecule has 1 aromatic heterocycles. The summed E-state index contributed by atoms with van der Waals surface area (Å²) in [7, 11) is 2.22. The highest BCUT2D eigenvalue weighted by atomic mass is 79.9. The highest BCUT2D eigenvalue weighted by Gasteiger charge is 2.39. The van der Waals surface area contributed by atoms with Gasteiger partial charge in [-0.3, -0.25) is 0 Å². The fourth-order valence-corrected chi connectivity index (χ4v) is 4.03. The minimum Gasteiger partial charge on any atom is -0.355 e. The summed E-state index contributed by atoms with van der Waals surface area (Å²) in [6.07, 6.45) is 1.69. The lowest BCUT2D eigenvalue weighted by Crippen LogP contribution is -2.27. The maximum Gasteiger partial charge on any atom is 0.139 e. The van der Waals surface area contributed by atoms with Gasteiger partial charge in [-0.1, -0.05) is 15.9 Å². The van der Waals surface area contributed by atoms with Crippen molar-refractivity contribution in [3.05, 3.63) is 29.0 Å². The molecule has 0 N–H and O–H groups in total. The largest absolute Gasteiger partial charge is 0.355 e. The average Bonchev–Trinajstić information content (AvgIpc) is 2.95. The van der Waals surface area contributed by atoms with Crippen molar-refractivity contribution in [3.63, 3.8) is 0 Å². The second-order valence-corrected chi connectivity index (χ2v) is 6.92. The normalized spacial score (nSPS) is 26.4. The van der Waals surface area contributed by atoms with Crippen LogP contribution < -0.4 is 4.90 Å². The summed E-state index contributed by atoms with van der Waals surface area (Å²) in [6.45, 7) is 4.67. The van der Waals surface area contributed by atoms with Crippen molar-refractivity contribution in [2.75, 3.05) is 38.1 Å². The lowest BCUT2D eigenvalue weighted by atomic mass is 10.0. The van der Waals surface area contributed by atoms with E-state index in [1.807, 2.05) is 6.07 Å². The molecule has 4 nitrogen and oxygen atoms in total. The highest BCUT2D eigenvalue weighted by molar-refractivity contribution is 9.10. The number of nitrogens with zero attached hydrogens (tertiary/aromatic N) is 4. The number of fused-ring (bicyclic) bond motifs is 2. The van der Waals surface area contributed by atoms with Gasteiger partial charge in [0.05, 0.1) is 5.52 Å². The van der Waals surface area contributed by atoms with Crippen molar-refractivity contribution in [1.82, 2.24) is 14.9 Å². The van der Waals surface area contributed by atoms with Crippen molar-refractivity contribution < 1.29 is 0 Å². The predicted molar refractivity (Wildman–Crippen MR) is 83.9 cm³/mol. The van der Waals surface area contributed by atoms with Crippen molar-refractivity contribution in [3.8, 4) is 0 Å². The molecule has 5 heteroatoms. The van der Waals surface area contributed by atoms with Gasteiger partial charge in [0.2, 0.25) is 0 Å². The molecule has 2 atom stereocenters. The molecular weight excluding hydrogens is 316 g/mol. The van der Waals surface area contributed by atoms with Gasteiger partial charge in [0, 0.05) is 36.0 Å². The maximum atomic E-state index is 4.56. The molecule has 0 bridgehead atoms. The molecule has 104 valence electrons. The summed E-state index contributed by atoms with van der Waals surface area (Å²) >= 11 is 3.55. The summed E-state index contributed by atoms with van der Waals surface area (Å²) in [5.74, 6) is 2.67. The second-order valence-electron chi connectivity index (χ2n) is 6.01. The first-order valence-corrected chi connectivity index (χ1v) is 7.84. The van der Waals surface area contributed by atoms with Gasteiger partial charge in [-0.2, -0.15) is 0 Å². The highest BCUT2D eigenvalue weighted by Crippen LogP contribution is 2.35. The van der Waals surface area contributed by atoms with E-state index >= 15 is 0 Å². The van der Waals surface area contributed by atoms with Crippen LogP contribution in [0, 0.1) is 11.8 Å². The monoisotopic (exact) mass is 332 g/mol. The first-order chi connectivity index (χ1) is 9.70. The summed E-state index contributed by atoms with van der Waals surface area (Å²) in [5, 5.41) is 1.15. The van der Waals surface area contributed by atoms with Crippen LogP contribution in [0.4, 0.5) is 5.82 Å². The Morgan fingerprint density at radius 3 is 2.60 bits per heavy atom. The van der Waals surface area contributed by atoms with E-state index < -0.39 is 0 Å². The number of halogens is 1. The van der Waals surface area contributed by atoms with Crippen molar-refractivity contribution >= 4 is 32.7 Å². The number of hydrogen-bond acceptors (Lipinski definition) is 4. The number of anilines is 1. The summed E-state index contributed by atoms with van der Waals surface area (Å²) < 4.78 is 1.08. The Morgan fingerprint density at radius 2 is 1.85 bits per heavy atom. The summed E-state index contributed by atoms with van der Waals surface area (Å²) in [5.41, 5.74) is 1.02. The third-order valence-electron chi connectivity index (χ3n) is 4.54. The molecule has 4 rings (SSSR count). The Bertz CT molecular complexity index is 645. The zero-order chi connectivity index (χ0) is 13.7. The minimum atomic E-state index is 0.789. The van der Waals surface area contributed by atoms with Crippen molar-refractivity contribution in [2.45, 2.75) is 0 Å². The molecule has 0 amide bonds. The van der Waals surface area contributed by atoms with Crippen LogP contribution in [0.3, 0.4) is 0 Å². The standard InChI is InChI=1S/C15H17BrN4/c1-19-5-10-7-20(8-11(10)6-19)15-13-4-12(16)2-3-14(13)17-9-18-15/h2-4,9-11H,5-8H2,1H3. The molecule has 3 heterocycles. The first-order valence-electron chi connectivity index (χ1n) is 7.04. The van der Waals surface area contributed by atoms with E-state index in [-0.39, 0.29) is 0 Å². The number of rotatable bonds is 1. The molecule has 0 radical (unpaired) electrons. The van der Waals surface area contributed by atoms with Crippen LogP contribution in [0.5, 0.6) is 0 Å². The Balaban J connectivity index is 1.71. The fraction of sp³-hybridized carbons (Fsp3) is 0.467. The van der Waals surface area contributed by atoms with Gasteiger partial charge in [0.25, 0.3) is 0 Å². The molecule has 2 unspecified atom stereocenters. The average molecular weight is 333 g/mol. The Labute approximate surface area is 126 Å². The van der Waals surface area contributed by atoms with Crippen LogP contribution in [-0.2, 0) is 0 Å². The van der Waals surface area contributed by atoms with E-state index in [0.29, 0.717) is 0 Å². The Kier molecular flexibility index (Phi) is 2.93. The minimum absolute atomic E-state index is 0.789. The third-order valence-corrected chi connectivity index (χ3v) is 5.04. The predicted octanol–water partition coefficient (Wildman–Crippen LogP) is 2.39. The number of benzene rings is 1. The van der Waals surface area contributed by atoms with Crippen LogP contribution >= 0.6 is 15.9 Å². The van der Waals surface area contributed by atoms with E-state index in [0.717, 1.165) is 46.1 Å². The van der Waals surface area contributed by atoms with Gasteiger partial charge >= 0.3 is 0 Å². The Morgan fingerprint density at radius 1 is 1.10 bits per heavy atom.